The molecular weight excluding hydrogens is 239 g/mol. The SMILES string of the molecule is O=C(O)Cc1nnc2cccc(C(F)(F)F)n12. The molecule has 0 atom stereocenters. The first-order valence-corrected chi connectivity index (χ1v) is 4.51. The third-order valence-electron chi connectivity index (χ3n) is 2.10. The number of carboxylic acids is 1. The molecule has 0 unspecified atom stereocenters. The summed E-state index contributed by atoms with van der Waals surface area (Å²) in [4.78, 5) is 10.5. The molecule has 0 aliphatic heterocycles. The molecule has 0 fully saturated rings. The van der Waals surface area contributed by atoms with Crippen LogP contribution in [0, 0.1) is 0 Å². The predicted molar refractivity (Wildman–Crippen MR) is 49.3 cm³/mol. The van der Waals surface area contributed by atoms with Gasteiger partial charge in [0.05, 0.1) is 0 Å². The number of hydrogen-bond donors (Lipinski definition) is 1. The van der Waals surface area contributed by atoms with Gasteiger partial charge in [0.15, 0.2) is 5.65 Å². The summed E-state index contributed by atoms with van der Waals surface area (Å²) in [5.41, 5.74) is -1.02. The van der Waals surface area contributed by atoms with Gasteiger partial charge in [-0.2, -0.15) is 13.2 Å². The van der Waals surface area contributed by atoms with E-state index in [1.165, 1.54) is 12.1 Å². The van der Waals surface area contributed by atoms with Crippen LogP contribution in [0.15, 0.2) is 18.2 Å². The highest BCUT2D eigenvalue weighted by Crippen LogP contribution is 2.29. The van der Waals surface area contributed by atoms with E-state index in [2.05, 4.69) is 10.2 Å². The molecule has 2 heterocycles. The summed E-state index contributed by atoms with van der Waals surface area (Å²) >= 11 is 0. The Morgan fingerprint density at radius 1 is 1.35 bits per heavy atom. The standard InChI is InChI=1S/C9H6F3N3O2/c10-9(11,12)5-2-1-3-6-13-14-7(15(5)6)4-8(16)17/h1-3H,4H2,(H,16,17). The number of nitrogens with zero attached hydrogens (tertiary/aromatic N) is 3. The van der Waals surface area contributed by atoms with Gasteiger partial charge in [0.25, 0.3) is 0 Å². The van der Waals surface area contributed by atoms with Gasteiger partial charge in [0.2, 0.25) is 0 Å². The van der Waals surface area contributed by atoms with Gasteiger partial charge in [-0.15, -0.1) is 10.2 Å². The minimum absolute atomic E-state index is 0.0314. The van der Waals surface area contributed by atoms with E-state index in [0.717, 1.165) is 6.07 Å². The van der Waals surface area contributed by atoms with Crippen LogP contribution < -0.4 is 0 Å². The normalized spacial score (nSPS) is 11.9. The average Bonchev–Trinajstić information content (AvgIpc) is 2.59. The second kappa shape index (κ2) is 3.72. The van der Waals surface area contributed by atoms with Gasteiger partial charge in [-0.25, -0.2) is 0 Å². The molecule has 1 N–H and O–H groups in total. The van der Waals surface area contributed by atoms with E-state index in [1.807, 2.05) is 0 Å². The Labute approximate surface area is 92.5 Å². The van der Waals surface area contributed by atoms with Crippen LogP contribution in [0.1, 0.15) is 11.5 Å². The van der Waals surface area contributed by atoms with Crippen LogP contribution >= 0.6 is 0 Å². The van der Waals surface area contributed by atoms with E-state index < -0.39 is 24.3 Å². The third kappa shape index (κ3) is 2.05. The first-order valence-electron chi connectivity index (χ1n) is 4.51. The fourth-order valence-corrected chi connectivity index (χ4v) is 1.47. The van der Waals surface area contributed by atoms with Gasteiger partial charge in [-0.1, -0.05) is 6.07 Å². The number of aliphatic carboxylic acids is 1. The number of aromatic nitrogens is 3. The number of pyridine rings is 1. The van der Waals surface area contributed by atoms with Gasteiger partial charge in [-0.05, 0) is 12.1 Å². The van der Waals surface area contributed by atoms with Crippen molar-refractivity contribution in [3.63, 3.8) is 0 Å². The second-order valence-corrected chi connectivity index (χ2v) is 3.29. The number of halogens is 3. The molecule has 2 aromatic rings. The number of rotatable bonds is 2. The average molecular weight is 245 g/mol. The molecule has 0 amide bonds. The summed E-state index contributed by atoms with van der Waals surface area (Å²) in [6.07, 6.45) is -5.20. The van der Waals surface area contributed by atoms with Gasteiger partial charge >= 0.3 is 12.1 Å². The minimum atomic E-state index is -4.59. The van der Waals surface area contributed by atoms with Gasteiger partial charge in [0, 0.05) is 0 Å². The smallest absolute Gasteiger partial charge is 0.431 e. The Hall–Kier alpha value is -2.12. The van der Waals surface area contributed by atoms with Crippen LogP contribution in [-0.4, -0.2) is 25.7 Å². The lowest BCUT2D eigenvalue weighted by molar-refractivity contribution is -0.143. The molecule has 0 saturated carbocycles. The van der Waals surface area contributed by atoms with Crippen molar-refractivity contribution in [2.24, 2.45) is 0 Å². The number of alkyl halides is 3. The van der Waals surface area contributed by atoms with Gasteiger partial charge in [0.1, 0.15) is 17.9 Å². The Morgan fingerprint density at radius 2 is 2.06 bits per heavy atom. The van der Waals surface area contributed by atoms with E-state index in [-0.39, 0.29) is 11.5 Å². The topological polar surface area (TPSA) is 67.5 Å². The highest BCUT2D eigenvalue weighted by Gasteiger charge is 2.34. The second-order valence-electron chi connectivity index (χ2n) is 3.29. The van der Waals surface area contributed by atoms with E-state index in [0.29, 0.717) is 4.40 Å². The number of hydrogen-bond acceptors (Lipinski definition) is 3. The molecule has 0 aromatic carbocycles. The zero-order valence-corrected chi connectivity index (χ0v) is 8.27. The molecule has 0 aliphatic rings. The quantitative estimate of drug-likeness (QED) is 0.867. The molecule has 17 heavy (non-hydrogen) atoms. The van der Waals surface area contributed by atoms with Gasteiger partial charge < -0.3 is 5.11 Å². The van der Waals surface area contributed by atoms with Crippen molar-refractivity contribution < 1.29 is 23.1 Å². The number of carboxylic acid groups (broad SMARTS) is 1. The summed E-state index contributed by atoms with van der Waals surface area (Å²) in [6.45, 7) is 0. The van der Waals surface area contributed by atoms with Crippen molar-refractivity contribution in [1.82, 2.24) is 14.6 Å². The Kier molecular flexibility index (Phi) is 2.49. The maximum absolute atomic E-state index is 12.7. The van der Waals surface area contributed by atoms with Crippen molar-refractivity contribution >= 4 is 11.6 Å². The van der Waals surface area contributed by atoms with Crippen molar-refractivity contribution in [2.45, 2.75) is 12.6 Å². The Balaban J connectivity index is 2.68. The highest BCUT2D eigenvalue weighted by atomic mass is 19.4. The Morgan fingerprint density at radius 3 is 2.65 bits per heavy atom. The largest absolute Gasteiger partial charge is 0.481 e. The molecule has 8 heteroatoms. The molecule has 0 saturated heterocycles. The molecule has 0 radical (unpaired) electrons. The predicted octanol–water partition coefficient (Wildman–Crippen LogP) is 1.38. The summed E-state index contributed by atoms with van der Waals surface area (Å²) < 4.78 is 38.8. The van der Waals surface area contributed by atoms with Crippen LogP contribution in [0.3, 0.4) is 0 Å². The first-order chi connectivity index (χ1) is 7.89. The lowest BCUT2D eigenvalue weighted by atomic mass is 10.3. The van der Waals surface area contributed by atoms with Crippen LogP contribution in [0.4, 0.5) is 13.2 Å². The molecule has 5 nitrogen and oxygen atoms in total. The molecular formula is C9H6F3N3O2. The summed E-state index contributed by atoms with van der Waals surface area (Å²) in [5, 5.41) is 15.5. The van der Waals surface area contributed by atoms with Crippen molar-refractivity contribution in [3.8, 4) is 0 Å². The van der Waals surface area contributed by atoms with Gasteiger partial charge in [-0.3, -0.25) is 9.20 Å². The van der Waals surface area contributed by atoms with Crippen LogP contribution in [-0.2, 0) is 17.4 Å². The van der Waals surface area contributed by atoms with E-state index in [1.54, 1.807) is 0 Å². The molecule has 90 valence electrons. The van der Waals surface area contributed by atoms with Crippen LogP contribution in [0.25, 0.3) is 5.65 Å². The van der Waals surface area contributed by atoms with Crippen molar-refractivity contribution in [3.05, 3.63) is 29.7 Å². The zero-order valence-electron chi connectivity index (χ0n) is 8.27. The van der Waals surface area contributed by atoms with E-state index in [9.17, 15) is 18.0 Å². The number of fused-ring (bicyclic) bond motifs is 1. The van der Waals surface area contributed by atoms with Crippen molar-refractivity contribution in [1.29, 1.82) is 0 Å². The highest BCUT2D eigenvalue weighted by molar-refractivity contribution is 5.69. The van der Waals surface area contributed by atoms with Crippen LogP contribution in [0.5, 0.6) is 0 Å². The molecule has 2 rings (SSSR count). The molecule has 0 aliphatic carbocycles. The lowest BCUT2D eigenvalue weighted by Gasteiger charge is -2.09. The fourth-order valence-electron chi connectivity index (χ4n) is 1.47. The van der Waals surface area contributed by atoms with E-state index in [4.69, 9.17) is 5.11 Å². The summed E-state index contributed by atoms with van der Waals surface area (Å²) in [6, 6.07) is 3.37. The lowest BCUT2D eigenvalue weighted by Crippen LogP contribution is -2.14. The molecule has 0 bridgehead atoms. The maximum Gasteiger partial charge on any atom is 0.431 e. The monoisotopic (exact) mass is 245 g/mol. The Bertz CT molecular complexity index is 576. The number of carbonyl (C=O) groups is 1. The zero-order chi connectivity index (χ0) is 12.6. The fraction of sp³-hybridized carbons (Fsp3) is 0.222. The van der Waals surface area contributed by atoms with Crippen molar-refractivity contribution in [2.75, 3.05) is 0 Å². The minimum Gasteiger partial charge on any atom is -0.481 e. The molecule has 0 spiro atoms. The first kappa shape index (κ1) is 11.4. The maximum atomic E-state index is 12.7. The third-order valence-corrected chi connectivity index (χ3v) is 2.10. The van der Waals surface area contributed by atoms with Crippen LogP contribution in [0.2, 0.25) is 0 Å². The molecule has 2 aromatic heterocycles. The summed E-state index contributed by atoms with van der Waals surface area (Å²) in [5.74, 6) is -1.52. The summed E-state index contributed by atoms with van der Waals surface area (Å²) in [7, 11) is 0. The van der Waals surface area contributed by atoms with E-state index >= 15 is 0 Å².